The molecule has 2 saturated heterocycles. The number of carbonyl (C=O) groups excluding carboxylic acids is 3. The van der Waals surface area contributed by atoms with Crippen molar-refractivity contribution < 1.29 is 29.3 Å². The summed E-state index contributed by atoms with van der Waals surface area (Å²) in [5.74, 6) is 3.80. The Morgan fingerprint density at radius 2 is 1.26 bits per heavy atom. The van der Waals surface area contributed by atoms with Gasteiger partial charge in [-0.3, -0.25) is 14.4 Å². The molecule has 46 heavy (non-hydrogen) atoms. The molecule has 10 aliphatic rings. The van der Waals surface area contributed by atoms with Gasteiger partial charge in [0.1, 0.15) is 11.6 Å². The van der Waals surface area contributed by atoms with Crippen molar-refractivity contribution in [2.45, 2.75) is 161 Å². The fourth-order valence-electron chi connectivity index (χ4n) is 14.2. The lowest BCUT2D eigenvalue weighted by Gasteiger charge is -2.73. The van der Waals surface area contributed by atoms with Gasteiger partial charge in [-0.2, -0.15) is 0 Å². The lowest BCUT2D eigenvalue weighted by Crippen LogP contribution is -2.73. The molecule has 0 aromatic heterocycles. The van der Waals surface area contributed by atoms with Gasteiger partial charge in [-0.1, -0.05) is 33.3 Å². The quantitative estimate of drug-likeness (QED) is 0.289. The number of hydrogen-bond donors (Lipinski definition) is 2. The number of ether oxygens (including phenoxy) is 1. The number of hydrogen-bond acceptors (Lipinski definition) is 6. The first-order chi connectivity index (χ1) is 21.6. The van der Waals surface area contributed by atoms with Gasteiger partial charge in [-0.15, -0.1) is 0 Å². The largest absolute Gasteiger partial charge is 0.400 e. The zero-order valence-corrected chi connectivity index (χ0v) is 29.5. The molecule has 2 aliphatic heterocycles. The summed E-state index contributed by atoms with van der Waals surface area (Å²) in [6, 6.07) is 0. The van der Waals surface area contributed by atoms with Gasteiger partial charge >= 0.3 is 0 Å². The third kappa shape index (κ3) is 4.08. The van der Waals surface area contributed by atoms with E-state index in [-0.39, 0.29) is 39.1 Å². The van der Waals surface area contributed by atoms with Crippen LogP contribution in [0.4, 0.5) is 0 Å². The van der Waals surface area contributed by atoms with Crippen LogP contribution in [0.25, 0.3) is 0 Å². The van der Waals surface area contributed by atoms with Gasteiger partial charge in [0.25, 0.3) is 0 Å². The summed E-state index contributed by atoms with van der Waals surface area (Å²) >= 11 is 0. The molecule has 8 aliphatic carbocycles. The highest BCUT2D eigenvalue weighted by Crippen LogP contribution is 2.73. The number of Topliss-reactive ketones (excluding diaryl/α,β-unsaturated/α-hetero) is 2. The Morgan fingerprint density at radius 1 is 0.652 bits per heavy atom. The normalized spacial score (nSPS) is 54.5. The highest BCUT2D eigenvalue weighted by molar-refractivity contribution is 5.92. The third-order valence-electron chi connectivity index (χ3n) is 17.1. The highest BCUT2D eigenvalue weighted by Gasteiger charge is 2.73. The molecule has 0 aromatic carbocycles. The van der Waals surface area contributed by atoms with Crippen LogP contribution in [-0.2, 0) is 19.1 Å². The van der Waals surface area contributed by atoms with Crippen LogP contribution in [0.3, 0.4) is 0 Å². The lowest BCUT2D eigenvalue weighted by molar-refractivity contribution is -0.358. The summed E-state index contributed by atoms with van der Waals surface area (Å²) < 4.78 is 7.02. The van der Waals surface area contributed by atoms with Gasteiger partial charge in [-0.05, 0) is 138 Å². The number of carbonyl (C=O) groups is 3. The van der Waals surface area contributed by atoms with Crippen molar-refractivity contribution in [3.8, 4) is 0 Å². The Labute approximate surface area is 276 Å². The molecule has 2 N–H and O–H groups in total. The Balaban J connectivity index is 0.000000140. The number of aliphatic hydroxyl groups excluding tert-OH is 1. The molecule has 12 atom stereocenters. The molecular formula is C40H60O6. The molecule has 256 valence electrons. The molecule has 0 radical (unpaired) electrons. The molecule has 2 heterocycles. The van der Waals surface area contributed by atoms with Gasteiger partial charge in [0.2, 0.25) is 0 Å². The molecule has 9 fully saturated rings. The SMILES string of the molecule is CO.C[C@@]12CC[C@@]3(C)[C@H](CCC4C5CCC(=O)[C@@]5(C)CC[C@@]43O1)C2.C[C@]12CCC(=O)C=C1CCC1C3CCC(=O)[C@@]3(C)CC[C@@]12O. The van der Waals surface area contributed by atoms with Crippen molar-refractivity contribution in [1.82, 2.24) is 0 Å². The zero-order valence-electron chi connectivity index (χ0n) is 29.5. The number of fused-ring (bicyclic) bond motifs is 8. The molecular weight excluding hydrogens is 576 g/mol. The molecule has 0 amide bonds. The number of rotatable bonds is 0. The second-order valence-corrected chi connectivity index (χ2v) is 18.5. The molecule has 6 nitrogen and oxygen atoms in total. The van der Waals surface area contributed by atoms with Crippen molar-refractivity contribution in [2.24, 2.45) is 51.2 Å². The monoisotopic (exact) mass is 636 g/mol. The Bertz CT molecular complexity index is 1350. The van der Waals surface area contributed by atoms with Gasteiger partial charge < -0.3 is 14.9 Å². The maximum atomic E-state index is 12.5. The summed E-state index contributed by atoms with van der Waals surface area (Å²) in [5, 5.41) is 18.7. The van der Waals surface area contributed by atoms with Crippen LogP contribution in [0, 0.1) is 51.2 Å². The summed E-state index contributed by atoms with van der Waals surface area (Å²) in [5.41, 5.74) is 0.520. The summed E-state index contributed by atoms with van der Waals surface area (Å²) in [6.45, 7) is 11.5. The van der Waals surface area contributed by atoms with Gasteiger partial charge in [0.15, 0.2) is 5.78 Å². The van der Waals surface area contributed by atoms with Gasteiger partial charge in [0.05, 0.1) is 16.8 Å². The minimum atomic E-state index is -0.730. The van der Waals surface area contributed by atoms with E-state index < -0.39 is 5.60 Å². The highest BCUT2D eigenvalue weighted by atomic mass is 16.5. The van der Waals surface area contributed by atoms with Gasteiger partial charge in [-0.25, -0.2) is 0 Å². The lowest BCUT2D eigenvalue weighted by atomic mass is 9.40. The second-order valence-electron chi connectivity index (χ2n) is 18.5. The van der Waals surface area contributed by atoms with Crippen molar-refractivity contribution >= 4 is 17.3 Å². The first-order valence-electron chi connectivity index (χ1n) is 18.8. The van der Waals surface area contributed by atoms with E-state index in [1.807, 2.05) is 6.08 Å². The van der Waals surface area contributed by atoms with Gasteiger partial charge in [0, 0.05) is 42.6 Å². The Hall–Kier alpha value is -1.37. The zero-order chi connectivity index (χ0) is 33.1. The van der Waals surface area contributed by atoms with Crippen molar-refractivity contribution in [2.75, 3.05) is 7.11 Å². The summed E-state index contributed by atoms with van der Waals surface area (Å²) in [7, 11) is 1.00. The molecule has 6 heteroatoms. The fraction of sp³-hybridized carbons (Fsp3) is 0.875. The van der Waals surface area contributed by atoms with Crippen LogP contribution >= 0.6 is 0 Å². The van der Waals surface area contributed by atoms with Crippen molar-refractivity contribution in [3.63, 3.8) is 0 Å². The van der Waals surface area contributed by atoms with Crippen molar-refractivity contribution in [3.05, 3.63) is 11.6 Å². The maximum Gasteiger partial charge on any atom is 0.155 e. The van der Waals surface area contributed by atoms with E-state index >= 15 is 0 Å². The van der Waals surface area contributed by atoms with E-state index in [1.54, 1.807) is 0 Å². The second kappa shape index (κ2) is 10.6. The van der Waals surface area contributed by atoms with E-state index in [0.717, 1.165) is 76.4 Å². The average molecular weight is 637 g/mol. The molecule has 4 bridgehead atoms. The molecule has 1 spiro atoms. The maximum absolute atomic E-state index is 12.5. The van der Waals surface area contributed by atoms with E-state index in [1.165, 1.54) is 32.1 Å². The smallest absolute Gasteiger partial charge is 0.155 e. The van der Waals surface area contributed by atoms with Crippen LogP contribution in [-0.4, -0.2) is 51.5 Å². The van der Waals surface area contributed by atoms with Crippen LogP contribution in [0.5, 0.6) is 0 Å². The molecule has 7 saturated carbocycles. The number of aliphatic hydroxyl groups is 2. The Kier molecular flexibility index (Phi) is 7.61. The Morgan fingerprint density at radius 3 is 1.93 bits per heavy atom. The predicted octanol–water partition coefficient (Wildman–Crippen LogP) is 7.32. The van der Waals surface area contributed by atoms with E-state index in [9.17, 15) is 19.5 Å². The first kappa shape index (κ1) is 33.1. The minimum Gasteiger partial charge on any atom is -0.400 e. The standard InChI is InChI=1S/C20H30O2.C19H26O3.CH4O/c1-17-8-10-19(3)13(12-17)4-5-15-14-6-7-16(21)18(14,2)9-11-20(15,19)22-17;1-17-9-10-19(22)15(14(17)5-6-16(17)21)4-3-12-11-13(20)7-8-18(12,19)2;1-2/h13-15H,4-12H2,1-3H3;11,14-15,22H,3-10H2,1-2H3;2H,1H3/t13-,14?,15?,17+,18+,19+,20-;14?,15?,17-,18-,19+;/m10./s1. The number of ketones is 3. The third-order valence-corrected chi connectivity index (χ3v) is 17.1. The van der Waals surface area contributed by atoms with E-state index in [2.05, 4.69) is 34.6 Å². The molecule has 0 aromatic rings. The first-order valence-corrected chi connectivity index (χ1v) is 18.8. The fourth-order valence-corrected chi connectivity index (χ4v) is 14.2. The van der Waals surface area contributed by atoms with Crippen molar-refractivity contribution in [1.29, 1.82) is 0 Å². The van der Waals surface area contributed by atoms with Crippen LogP contribution < -0.4 is 0 Å². The average Bonchev–Trinajstić information content (AvgIpc) is 3.49. The van der Waals surface area contributed by atoms with Crippen LogP contribution in [0.15, 0.2) is 11.6 Å². The summed E-state index contributed by atoms with van der Waals surface area (Å²) in [6.07, 6.45) is 18.8. The van der Waals surface area contributed by atoms with Crippen LogP contribution in [0.1, 0.15) is 144 Å². The predicted molar refractivity (Wildman–Crippen MR) is 177 cm³/mol. The van der Waals surface area contributed by atoms with E-state index in [4.69, 9.17) is 9.84 Å². The van der Waals surface area contributed by atoms with Crippen LogP contribution in [0.2, 0.25) is 0 Å². The van der Waals surface area contributed by atoms with E-state index in [0.29, 0.717) is 54.0 Å². The topological polar surface area (TPSA) is 101 Å². The summed E-state index contributed by atoms with van der Waals surface area (Å²) in [4.78, 5) is 36.7. The molecule has 10 rings (SSSR count). The minimum absolute atomic E-state index is 0.0277. The molecule has 4 unspecified atom stereocenters.